The van der Waals surface area contributed by atoms with Crippen molar-refractivity contribution in [3.8, 4) is 11.5 Å². The molecule has 1 heterocycles. The van der Waals surface area contributed by atoms with Crippen LogP contribution in [-0.2, 0) is 13.1 Å². The van der Waals surface area contributed by atoms with Crippen LogP contribution in [0, 0.1) is 6.92 Å². The van der Waals surface area contributed by atoms with Gasteiger partial charge in [-0.25, -0.2) is 0 Å². The Kier molecular flexibility index (Phi) is 7.86. The number of likely N-dealkylation sites (tertiary alicyclic amines) is 1. The third kappa shape index (κ3) is 5.78. The van der Waals surface area contributed by atoms with Crippen LogP contribution in [0.25, 0.3) is 0 Å². The lowest BCUT2D eigenvalue weighted by atomic mass is 9.89. The van der Waals surface area contributed by atoms with Crippen molar-refractivity contribution in [3.05, 3.63) is 94.5 Å². The molecule has 1 saturated heterocycles. The smallest absolute Gasteiger partial charge is 0.251 e. The second kappa shape index (κ2) is 11.2. The van der Waals surface area contributed by atoms with Crippen LogP contribution < -0.4 is 14.8 Å². The van der Waals surface area contributed by atoms with Gasteiger partial charge in [0, 0.05) is 18.7 Å². The Balaban J connectivity index is 1.27. The fourth-order valence-electron chi connectivity index (χ4n) is 4.67. The number of amides is 1. The Morgan fingerprint density at radius 2 is 1.59 bits per heavy atom. The number of benzene rings is 3. The van der Waals surface area contributed by atoms with Crippen LogP contribution in [0.4, 0.5) is 0 Å². The summed E-state index contributed by atoms with van der Waals surface area (Å²) >= 11 is 0. The van der Waals surface area contributed by atoms with Gasteiger partial charge < -0.3 is 14.8 Å². The number of hydrogen-bond acceptors (Lipinski definition) is 4. The van der Waals surface area contributed by atoms with Gasteiger partial charge in [0.1, 0.15) is 0 Å². The average Bonchev–Trinajstić information content (AvgIpc) is 2.88. The quantitative estimate of drug-likeness (QED) is 0.496. The van der Waals surface area contributed by atoms with Gasteiger partial charge in [-0.15, -0.1) is 0 Å². The van der Waals surface area contributed by atoms with Gasteiger partial charge in [-0.05, 0) is 79.2 Å². The van der Waals surface area contributed by atoms with Crippen molar-refractivity contribution < 1.29 is 14.3 Å². The van der Waals surface area contributed by atoms with Gasteiger partial charge in [0.05, 0.1) is 14.2 Å². The van der Waals surface area contributed by atoms with Crippen molar-refractivity contribution in [3.63, 3.8) is 0 Å². The van der Waals surface area contributed by atoms with Crippen molar-refractivity contribution in [1.29, 1.82) is 0 Å². The molecule has 4 rings (SSSR count). The molecule has 34 heavy (non-hydrogen) atoms. The van der Waals surface area contributed by atoms with Gasteiger partial charge in [-0.2, -0.15) is 0 Å². The first-order valence-electron chi connectivity index (χ1n) is 11.9. The average molecular weight is 459 g/mol. The molecule has 5 heteroatoms. The second-order valence-corrected chi connectivity index (χ2v) is 8.98. The molecule has 178 valence electrons. The molecule has 0 saturated carbocycles. The van der Waals surface area contributed by atoms with Crippen molar-refractivity contribution in [1.82, 2.24) is 10.2 Å². The maximum absolute atomic E-state index is 12.5. The summed E-state index contributed by atoms with van der Waals surface area (Å²) in [5, 5.41) is 3.04. The van der Waals surface area contributed by atoms with Crippen LogP contribution in [0.5, 0.6) is 11.5 Å². The lowest BCUT2D eigenvalue weighted by molar-refractivity contribution is 0.0950. The zero-order valence-electron chi connectivity index (χ0n) is 20.3. The molecule has 0 atom stereocenters. The highest BCUT2D eigenvalue weighted by molar-refractivity contribution is 5.95. The predicted molar refractivity (Wildman–Crippen MR) is 136 cm³/mol. The number of nitrogens with one attached hydrogen (secondary N) is 1. The molecule has 3 aromatic carbocycles. The third-order valence-corrected chi connectivity index (χ3v) is 6.74. The highest BCUT2D eigenvalue weighted by atomic mass is 16.5. The molecular formula is C29H34N2O3. The molecule has 0 unspecified atom stereocenters. The highest BCUT2D eigenvalue weighted by Crippen LogP contribution is 2.31. The van der Waals surface area contributed by atoms with Crippen molar-refractivity contribution in [2.45, 2.75) is 38.8 Å². The van der Waals surface area contributed by atoms with Crippen molar-refractivity contribution >= 4 is 5.91 Å². The maximum atomic E-state index is 12.5. The number of methoxy groups -OCH3 is 2. The lowest BCUT2D eigenvalue weighted by Crippen LogP contribution is -2.32. The molecular weight excluding hydrogens is 424 g/mol. The van der Waals surface area contributed by atoms with E-state index in [0.29, 0.717) is 12.5 Å². The molecule has 1 fully saturated rings. The first-order chi connectivity index (χ1) is 16.6. The summed E-state index contributed by atoms with van der Waals surface area (Å²) in [6, 6.07) is 22.6. The van der Waals surface area contributed by atoms with E-state index >= 15 is 0 Å². The Hall–Kier alpha value is -3.31. The van der Waals surface area contributed by atoms with Crippen molar-refractivity contribution in [2.24, 2.45) is 0 Å². The molecule has 1 N–H and O–H groups in total. The molecule has 5 nitrogen and oxygen atoms in total. The molecule has 0 aromatic heterocycles. The number of aryl methyl sites for hydroxylation is 1. The highest BCUT2D eigenvalue weighted by Gasteiger charge is 2.21. The topological polar surface area (TPSA) is 50.8 Å². The monoisotopic (exact) mass is 458 g/mol. The summed E-state index contributed by atoms with van der Waals surface area (Å²) in [5.41, 5.74) is 5.48. The number of carbonyl (C=O) groups excluding carboxylic acids is 1. The molecule has 1 aliphatic rings. The summed E-state index contributed by atoms with van der Waals surface area (Å²) in [7, 11) is 3.34. The van der Waals surface area contributed by atoms with Crippen molar-refractivity contribution in [2.75, 3.05) is 27.3 Å². The number of rotatable bonds is 8. The summed E-state index contributed by atoms with van der Waals surface area (Å²) in [5.74, 6) is 2.11. The summed E-state index contributed by atoms with van der Waals surface area (Å²) in [6.07, 6.45) is 2.30. The van der Waals surface area contributed by atoms with E-state index < -0.39 is 0 Å². The molecule has 3 aromatic rings. The van der Waals surface area contributed by atoms with E-state index in [1.807, 2.05) is 37.3 Å². The Labute approximate surface area is 202 Å². The van der Waals surface area contributed by atoms with Gasteiger partial charge in [-0.1, -0.05) is 48.5 Å². The molecule has 0 radical (unpaired) electrons. The lowest BCUT2D eigenvalue weighted by Gasteiger charge is -2.32. The van der Waals surface area contributed by atoms with Gasteiger partial charge in [-0.3, -0.25) is 9.69 Å². The van der Waals surface area contributed by atoms with Gasteiger partial charge in [0.2, 0.25) is 0 Å². The fourth-order valence-corrected chi connectivity index (χ4v) is 4.67. The van der Waals surface area contributed by atoms with Crippen LogP contribution in [0.15, 0.2) is 66.7 Å². The molecule has 1 amide bonds. The first kappa shape index (κ1) is 23.8. The minimum absolute atomic E-state index is 0.0240. The summed E-state index contributed by atoms with van der Waals surface area (Å²) in [6.45, 7) is 5.58. The maximum Gasteiger partial charge on any atom is 0.251 e. The largest absolute Gasteiger partial charge is 0.493 e. The molecule has 0 bridgehead atoms. The van der Waals surface area contributed by atoms with E-state index in [1.165, 1.54) is 11.1 Å². The number of ether oxygens (including phenoxy) is 2. The molecule has 0 aliphatic carbocycles. The summed E-state index contributed by atoms with van der Waals surface area (Å²) in [4.78, 5) is 15.0. The molecule has 1 aliphatic heterocycles. The first-order valence-corrected chi connectivity index (χ1v) is 11.9. The van der Waals surface area contributed by atoms with Gasteiger partial charge in [0.15, 0.2) is 11.5 Å². The van der Waals surface area contributed by atoms with Crippen LogP contribution in [-0.4, -0.2) is 38.1 Å². The van der Waals surface area contributed by atoms with E-state index in [0.717, 1.165) is 60.7 Å². The van der Waals surface area contributed by atoms with E-state index in [9.17, 15) is 4.79 Å². The SMILES string of the molecule is COc1ccc(CN2CCC(c3ccc(CNC(=O)c4ccccc4C)cc3)CC2)cc1OC. The Morgan fingerprint density at radius 1 is 0.912 bits per heavy atom. The Bertz CT molecular complexity index is 1100. The summed E-state index contributed by atoms with van der Waals surface area (Å²) < 4.78 is 10.8. The standard InChI is InChI=1S/C29H34N2O3/c1-21-6-4-5-7-26(21)29(32)30-19-22-8-11-24(12-9-22)25-14-16-31(17-15-25)20-23-10-13-27(33-2)28(18-23)34-3/h4-13,18,25H,14-17,19-20H2,1-3H3,(H,30,32). The van der Waals surface area contributed by atoms with Crippen LogP contribution in [0.1, 0.15) is 51.4 Å². The van der Waals surface area contributed by atoms with Crippen LogP contribution in [0.3, 0.4) is 0 Å². The molecule has 0 spiro atoms. The van der Waals surface area contributed by atoms with E-state index in [4.69, 9.17) is 9.47 Å². The fraction of sp³-hybridized carbons (Fsp3) is 0.345. The van der Waals surface area contributed by atoms with E-state index in [2.05, 4.69) is 46.6 Å². The second-order valence-electron chi connectivity index (χ2n) is 8.98. The van der Waals surface area contributed by atoms with Crippen LogP contribution in [0.2, 0.25) is 0 Å². The van der Waals surface area contributed by atoms with E-state index in [-0.39, 0.29) is 5.91 Å². The van der Waals surface area contributed by atoms with E-state index in [1.54, 1.807) is 14.2 Å². The van der Waals surface area contributed by atoms with Gasteiger partial charge >= 0.3 is 0 Å². The number of nitrogens with zero attached hydrogens (tertiary/aromatic N) is 1. The zero-order valence-corrected chi connectivity index (χ0v) is 20.3. The predicted octanol–water partition coefficient (Wildman–Crippen LogP) is 5.32. The minimum Gasteiger partial charge on any atom is -0.493 e. The normalized spacial score (nSPS) is 14.6. The van der Waals surface area contributed by atoms with Crippen LogP contribution >= 0.6 is 0 Å². The minimum atomic E-state index is -0.0240. The number of carbonyl (C=O) groups is 1. The number of piperidine rings is 1. The Morgan fingerprint density at radius 3 is 2.26 bits per heavy atom. The zero-order chi connectivity index (χ0) is 23.9. The third-order valence-electron chi connectivity index (χ3n) is 6.74. The number of hydrogen-bond donors (Lipinski definition) is 1. The van der Waals surface area contributed by atoms with Gasteiger partial charge in [0.25, 0.3) is 5.91 Å².